The number of hydrogen-bond donors (Lipinski definition) is 2. The van der Waals surface area contributed by atoms with Gasteiger partial charge in [-0.2, -0.15) is 0 Å². The largest absolute Gasteiger partial charge is 0.481 e. The second-order valence-corrected chi connectivity index (χ2v) is 6.03. The van der Waals surface area contributed by atoms with Crippen molar-refractivity contribution in [1.82, 2.24) is 5.32 Å². The molecule has 0 aliphatic rings. The summed E-state index contributed by atoms with van der Waals surface area (Å²) >= 11 is 0. The first-order valence-corrected chi connectivity index (χ1v) is 10.2. The molecule has 0 fully saturated rings. The third-order valence-corrected chi connectivity index (χ3v) is 3.48. The molecule has 11 heteroatoms. The van der Waals surface area contributed by atoms with Gasteiger partial charge in [0.2, 0.25) is 5.91 Å². The van der Waals surface area contributed by atoms with Gasteiger partial charge in [0.1, 0.15) is 6.61 Å². The Kier molecular flexibility index (Phi) is 21.1. The molecule has 0 saturated heterocycles. The number of carbonyl (C=O) groups is 3. The molecule has 0 radical (unpaired) electrons. The van der Waals surface area contributed by atoms with Crippen molar-refractivity contribution in [1.29, 1.82) is 0 Å². The lowest BCUT2D eigenvalue weighted by Gasteiger charge is -2.08. The first-order chi connectivity index (χ1) is 15.1. The van der Waals surface area contributed by atoms with Gasteiger partial charge in [-0.25, -0.2) is 4.79 Å². The summed E-state index contributed by atoms with van der Waals surface area (Å²) in [6.45, 7) is 8.27. The van der Waals surface area contributed by atoms with E-state index in [2.05, 4.69) is 11.9 Å². The Labute approximate surface area is 182 Å². The lowest BCUT2D eigenvalue weighted by molar-refractivity contribution is -0.139. The van der Waals surface area contributed by atoms with Crippen LogP contribution in [0.4, 0.5) is 0 Å². The Morgan fingerprint density at radius 2 is 1.16 bits per heavy atom. The molecular formula is C20H35NO10. The van der Waals surface area contributed by atoms with Crippen LogP contribution in [-0.2, 0) is 42.8 Å². The van der Waals surface area contributed by atoms with Gasteiger partial charge >= 0.3 is 11.9 Å². The minimum atomic E-state index is -0.985. The smallest absolute Gasteiger partial charge is 0.330 e. The highest BCUT2D eigenvalue weighted by molar-refractivity contribution is 5.81. The van der Waals surface area contributed by atoms with Gasteiger partial charge in [-0.3, -0.25) is 9.59 Å². The van der Waals surface area contributed by atoms with E-state index in [-0.39, 0.29) is 25.4 Å². The molecule has 2 N–H and O–H groups in total. The van der Waals surface area contributed by atoms with Crippen molar-refractivity contribution >= 4 is 17.8 Å². The Morgan fingerprint density at radius 3 is 1.61 bits per heavy atom. The number of nitrogens with one attached hydrogen (secondary N) is 1. The molecule has 180 valence electrons. The molecule has 11 nitrogen and oxygen atoms in total. The molecule has 31 heavy (non-hydrogen) atoms. The third kappa shape index (κ3) is 24.1. The average molecular weight is 449 g/mol. The predicted octanol–water partition coefficient (Wildman–Crippen LogP) is 0.170. The van der Waals surface area contributed by atoms with E-state index in [0.717, 1.165) is 6.08 Å². The fourth-order valence-electron chi connectivity index (χ4n) is 1.95. The minimum Gasteiger partial charge on any atom is -0.481 e. The third-order valence-electron chi connectivity index (χ3n) is 3.48. The monoisotopic (exact) mass is 449 g/mol. The molecule has 0 aliphatic heterocycles. The van der Waals surface area contributed by atoms with Crippen molar-refractivity contribution in [2.24, 2.45) is 0 Å². The summed E-state index contributed by atoms with van der Waals surface area (Å²) in [6, 6.07) is 0. The van der Waals surface area contributed by atoms with Crippen LogP contribution < -0.4 is 5.32 Å². The summed E-state index contributed by atoms with van der Waals surface area (Å²) in [7, 11) is 0. The van der Waals surface area contributed by atoms with Crippen LogP contribution in [0.15, 0.2) is 12.7 Å². The van der Waals surface area contributed by atoms with Crippen LogP contribution in [0.5, 0.6) is 0 Å². The second kappa shape index (κ2) is 22.6. The van der Waals surface area contributed by atoms with Crippen molar-refractivity contribution in [3.05, 3.63) is 12.7 Å². The van der Waals surface area contributed by atoms with Gasteiger partial charge in [-0.15, -0.1) is 0 Å². The van der Waals surface area contributed by atoms with E-state index in [1.54, 1.807) is 0 Å². The van der Waals surface area contributed by atoms with Gasteiger partial charge in [0, 0.05) is 25.6 Å². The average Bonchev–Trinajstić information content (AvgIpc) is 2.76. The van der Waals surface area contributed by atoms with Gasteiger partial charge in [0.15, 0.2) is 0 Å². The zero-order valence-electron chi connectivity index (χ0n) is 18.0. The molecule has 0 bridgehead atoms. The number of carboxylic acids is 1. The molecule has 0 atom stereocenters. The summed E-state index contributed by atoms with van der Waals surface area (Å²) in [5, 5.41) is 11.1. The van der Waals surface area contributed by atoms with Crippen LogP contribution in [0.1, 0.15) is 19.3 Å². The lowest BCUT2D eigenvalue weighted by atomic mass is 10.3. The standard InChI is InChI=1S/C20H35NO10/c1-2-20(25)31-17-16-30-15-14-29-13-12-28-11-10-27-9-8-26-7-3-6-21-18(22)4-5-19(23)24/h2H,1,3-17H2,(H,21,22)(H,23,24). The molecule has 0 saturated carbocycles. The Morgan fingerprint density at radius 1 is 0.710 bits per heavy atom. The zero-order valence-corrected chi connectivity index (χ0v) is 18.0. The molecule has 0 aromatic heterocycles. The second-order valence-electron chi connectivity index (χ2n) is 6.03. The van der Waals surface area contributed by atoms with E-state index < -0.39 is 11.9 Å². The van der Waals surface area contributed by atoms with Crippen molar-refractivity contribution < 1.29 is 47.9 Å². The SMILES string of the molecule is C=CC(=O)OCCOCCOCCOCCOCCOCCCNC(=O)CCC(=O)O. The van der Waals surface area contributed by atoms with Crippen molar-refractivity contribution in [3.63, 3.8) is 0 Å². The van der Waals surface area contributed by atoms with E-state index in [1.807, 2.05) is 0 Å². The van der Waals surface area contributed by atoms with Crippen LogP contribution in [-0.4, -0.2) is 102 Å². The Balaban J connectivity index is 3.12. The predicted molar refractivity (Wildman–Crippen MR) is 110 cm³/mol. The fourth-order valence-corrected chi connectivity index (χ4v) is 1.95. The molecule has 0 unspecified atom stereocenters. The number of carboxylic acid groups (broad SMARTS) is 1. The lowest BCUT2D eigenvalue weighted by Crippen LogP contribution is -2.25. The highest BCUT2D eigenvalue weighted by Crippen LogP contribution is 1.90. The number of ether oxygens (including phenoxy) is 6. The highest BCUT2D eigenvalue weighted by Gasteiger charge is 2.04. The van der Waals surface area contributed by atoms with Gasteiger partial charge in [-0.1, -0.05) is 6.58 Å². The fraction of sp³-hybridized carbons (Fsp3) is 0.750. The van der Waals surface area contributed by atoms with E-state index in [1.165, 1.54) is 0 Å². The number of carbonyl (C=O) groups excluding carboxylic acids is 2. The van der Waals surface area contributed by atoms with Crippen LogP contribution >= 0.6 is 0 Å². The molecule has 0 spiro atoms. The summed E-state index contributed by atoms with van der Waals surface area (Å²) in [5.41, 5.74) is 0. The van der Waals surface area contributed by atoms with Gasteiger partial charge < -0.3 is 38.8 Å². The van der Waals surface area contributed by atoms with Crippen LogP contribution in [0, 0.1) is 0 Å². The first-order valence-electron chi connectivity index (χ1n) is 10.2. The summed E-state index contributed by atoms with van der Waals surface area (Å²) in [6.07, 6.45) is 1.58. The minimum absolute atomic E-state index is 0.0107. The maximum atomic E-state index is 11.3. The van der Waals surface area contributed by atoms with Crippen molar-refractivity contribution in [2.75, 3.05) is 79.2 Å². The Hall–Kier alpha value is -2.05. The number of rotatable bonds is 23. The number of amides is 1. The van der Waals surface area contributed by atoms with Crippen LogP contribution in [0.2, 0.25) is 0 Å². The number of aliphatic carboxylic acids is 1. The first kappa shape index (κ1) is 28.9. The summed E-state index contributed by atoms with van der Waals surface area (Å²) in [4.78, 5) is 32.4. The molecule has 0 aromatic rings. The molecule has 1 amide bonds. The maximum absolute atomic E-state index is 11.3. The number of hydrogen-bond acceptors (Lipinski definition) is 9. The summed E-state index contributed by atoms with van der Waals surface area (Å²) < 4.78 is 31.4. The van der Waals surface area contributed by atoms with Crippen molar-refractivity contribution in [2.45, 2.75) is 19.3 Å². The normalized spacial score (nSPS) is 10.6. The quantitative estimate of drug-likeness (QED) is 0.126. The molecular weight excluding hydrogens is 414 g/mol. The maximum Gasteiger partial charge on any atom is 0.330 e. The molecule has 0 aromatic carbocycles. The zero-order chi connectivity index (χ0) is 23.0. The summed E-state index contributed by atoms with van der Waals surface area (Å²) in [5.74, 6) is -1.72. The van der Waals surface area contributed by atoms with Crippen molar-refractivity contribution in [3.8, 4) is 0 Å². The van der Waals surface area contributed by atoms with E-state index in [0.29, 0.717) is 79.0 Å². The number of esters is 1. The topological polar surface area (TPSA) is 139 Å². The van der Waals surface area contributed by atoms with Gasteiger partial charge in [0.25, 0.3) is 0 Å². The van der Waals surface area contributed by atoms with E-state index in [4.69, 9.17) is 33.5 Å². The molecule has 0 heterocycles. The van der Waals surface area contributed by atoms with E-state index in [9.17, 15) is 14.4 Å². The molecule has 0 rings (SSSR count). The molecule has 0 aliphatic carbocycles. The van der Waals surface area contributed by atoms with Crippen LogP contribution in [0.25, 0.3) is 0 Å². The Bertz CT molecular complexity index is 487. The van der Waals surface area contributed by atoms with Gasteiger partial charge in [-0.05, 0) is 6.42 Å². The highest BCUT2D eigenvalue weighted by atomic mass is 16.6. The van der Waals surface area contributed by atoms with E-state index >= 15 is 0 Å². The van der Waals surface area contributed by atoms with Crippen LogP contribution in [0.3, 0.4) is 0 Å². The van der Waals surface area contributed by atoms with Gasteiger partial charge in [0.05, 0.1) is 65.9 Å².